The zero-order chi connectivity index (χ0) is 19.1. The Hall–Kier alpha value is -3.15. The third-order valence-corrected chi connectivity index (χ3v) is 4.22. The lowest BCUT2D eigenvalue weighted by Gasteiger charge is -2.09. The summed E-state index contributed by atoms with van der Waals surface area (Å²) >= 11 is 0. The van der Waals surface area contributed by atoms with E-state index < -0.39 is 0 Å². The smallest absolute Gasteiger partial charge is 0.261 e. The Kier molecular flexibility index (Phi) is 6.20. The first-order valence-corrected chi connectivity index (χ1v) is 9.14. The first-order valence-electron chi connectivity index (χ1n) is 9.14. The SMILES string of the molecule is CCCCOc1ccc(NC(=O)CCn2cnc3ccccc3c2=O)cc1. The van der Waals surface area contributed by atoms with Crippen LogP contribution in [0.2, 0.25) is 0 Å². The van der Waals surface area contributed by atoms with Crippen LogP contribution in [0.3, 0.4) is 0 Å². The molecule has 1 amide bonds. The topological polar surface area (TPSA) is 73.2 Å². The molecule has 0 atom stereocenters. The highest BCUT2D eigenvalue weighted by molar-refractivity contribution is 5.90. The molecule has 0 aliphatic carbocycles. The highest BCUT2D eigenvalue weighted by atomic mass is 16.5. The fourth-order valence-corrected chi connectivity index (χ4v) is 2.68. The summed E-state index contributed by atoms with van der Waals surface area (Å²) in [5.41, 5.74) is 1.22. The number of aryl methyl sites for hydroxylation is 1. The van der Waals surface area contributed by atoms with Gasteiger partial charge in [-0.2, -0.15) is 0 Å². The zero-order valence-corrected chi connectivity index (χ0v) is 15.4. The van der Waals surface area contributed by atoms with E-state index in [0.29, 0.717) is 23.2 Å². The van der Waals surface area contributed by atoms with Gasteiger partial charge in [-0.3, -0.25) is 14.2 Å². The molecule has 27 heavy (non-hydrogen) atoms. The van der Waals surface area contributed by atoms with E-state index in [1.807, 2.05) is 30.3 Å². The summed E-state index contributed by atoms with van der Waals surface area (Å²) in [5, 5.41) is 3.39. The highest BCUT2D eigenvalue weighted by Gasteiger charge is 2.07. The van der Waals surface area contributed by atoms with Crippen LogP contribution in [-0.2, 0) is 11.3 Å². The second-order valence-electron chi connectivity index (χ2n) is 6.28. The van der Waals surface area contributed by atoms with Crippen molar-refractivity contribution in [3.05, 3.63) is 65.2 Å². The van der Waals surface area contributed by atoms with Gasteiger partial charge in [-0.1, -0.05) is 25.5 Å². The average Bonchev–Trinajstić information content (AvgIpc) is 2.69. The molecule has 0 aliphatic heterocycles. The maximum Gasteiger partial charge on any atom is 0.261 e. The quantitative estimate of drug-likeness (QED) is 0.619. The lowest BCUT2D eigenvalue weighted by molar-refractivity contribution is -0.116. The number of unbranched alkanes of at least 4 members (excludes halogenated alkanes) is 1. The van der Waals surface area contributed by atoms with Gasteiger partial charge in [0.1, 0.15) is 5.75 Å². The normalized spacial score (nSPS) is 10.7. The third kappa shape index (κ3) is 4.94. The standard InChI is InChI=1S/C21H23N3O3/c1-2-3-14-27-17-10-8-16(9-11-17)23-20(25)12-13-24-15-22-19-7-5-4-6-18(19)21(24)26/h4-11,15H,2-3,12-14H2,1H3,(H,23,25). The summed E-state index contributed by atoms with van der Waals surface area (Å²) in [7, 11) is 0. The minimum atomic E-state index is -0.158. The Morgan fingerprint density at radius 1 is 1.15 bits per heavy atom. The molecular weight excluding hydrogens is 342 g/mol. The first-order chi connectivity index (χ1) is 13.2. The number of carbonyl (C=O) groups excluding carboxylic acids is 1. The van der Waals surface area contributed by atoms with Gasteiger partial charge in [0.05, 0.1) is 23.8 Å². The van der Waals surface area contributed by atoms with Crippen LogP contribution in [0.5, 0.6) is 5.75 Å². The van der Waals surface area contributed by atoms with Gasteiger partial charge in [0, 0.05) is 18.7 Å². The van der Waals surface area contributed by atoms with E-state index in [2.05, 4.69) is 17.2 Å². The molecule has 0 spiro atoms. The lowest BCUT2D eigenvalue weighted by Crippen LogP contribution is -2.23. The van der Waals surface area contributed by atoms with Crippen molar-refractivity contribution < 1.29 is 9.53 Å². The predicted octanol–water partition coefficient (Wildman–Crippen LogP) is 3.60. The van der Waals surface area contributed by atoms with Crippen molar-refractivity contribution in [1.29, 1.82) is 0 Å². The summed E-state index contributed by atoms with van der Waals surface area (Å²) in [6.07, 6.45) is 3.78. The Labute approximate surface area is 157 Å². The fraction of sp³-hybridized carbons (Fsp3) is 0.286. The van der Waals surface area contributed by atoms with Gasteiger partial charge < -0.3 is 10.1 Å². The first kappa shape index (κ1) is 18.6. The maximum absolute atomic E-state index is 12.4. The molecule has 0 bridgehead atoms. The Balaban J connectivity index is 1.55. The Morgan fingerprint density at radius 3 is 2.70 bits per heavy atom. The van der Waals surface area contributed by atoms with Crippen molar-refractivity contribution in [2.75, 3.05) is 11.9 Å². The molecule has 0 fully saturated rings. The van der Waals surface area contributed by atoms with Crippen molar-refractivity contribution >= 4 is 22.5 Å². The van der Waals surface area contributed by atoms with Gasteiger partial charge in [-0.05, 0) is 42.8 Å². The molecule has 1 heterocycles. The molecule has 140 valence electrons. The van der Waals surface area contributed by atoms with Gasteiger partial charge in [0.25, 0.3) is 5.56 Å². The molecule has 6 nitrogen and oxygen atoms in total. The van der Waals surface area contributed by atoms with Gasteiger partial charge in [-0.25, -0.2) is 4.98 Å². The van der Waals surface area contributed by atoms with Crippen molar-refractivity contribution in [3.63, 3.8) is 0 Å². The Morgan fingerprint density at radius 2 is 1.93 bits per heavy atom. The van der Waals surface area contributed by atoms with E-state index >= 15 is 0 Å². The Bertz CT molecular complexity index is 964. The molecule has 0 unspecified atom stereocenters. The number of aromatic nitrogens is 2. The number of hydrogen-bond donors (Lipinski definition) is 1. The molecule has 1 aromatic heterocycles. The third-order valence-electron chi connectivity index (χ3n) is 4.22. The van der Waals surface area contributed by atoms with Crippen molar-refractivity contribution in [3.8, 4) is 5.75 Å². The van der Waals surface area contributed by atoms with E-state index in [0.717, 1.165) is 18.6 Å². The van der Waals surface area contributed by atoms with Crippen LogP contribution in [0.25, 0.3) is 10.9 Å². The van der Waals surface area contributed by atoms with Crippen LogP contribution in [0, 0.1) is 0 Å². The molecule has 2 aromatic carbocycles. The van der Waals surface area contributed by atoms with Crippen LogP contribution in [-0.4, -0.2) is 22.1 Å². The second kappa shape index (κ2) is 8.98. The molecule has 3 aromatic rings. The van der Waals surface area contributed by atoms with E-state index in [-0.39, 0.29) is 24.4 Å². The number of amides is 1. The molecule has 0 radical (unpaired) electrons. The van der Waals surface area contributed by atoms with Crippen LogP contribution in [0.1, 0.15) is 26.2 Å². The molecular formula is C21H23N3O3. The van der Waals surface area contributed by atoms with Gasteiger partial charge in [0.2, 0.25) is 5.91 Å². The van der Waals surface area contributed by atoms with E-state index in [1.54, 1.807) is 18.2 Å². The van der Waals surface area contributed by atoms with Gasteiger partial charge >= 0.3 is 0 Å². The summed E-state index contributed by atoms with van der Waals surface area (Å²) in [6, 6.07) is 14.5. The number of fused-ring (bicyclic) bond motifs is 1. The monoisotopic (exact) mass is 365 g/mol. The second-order valence-corrected chi connectivity index (χ2v) is 6.28. The number of hydrogen-bond acceptors (Lipinski definition) is 4. The summed E-state index contributed by atoms with van der Waals surface area (Å²) in [6.45, 7) is 3.08. The fourth-order valence-electron chi connectivity index (χ4n) is 2.68. The molecule has 0 saturated carbocycles. The number of nitrogens with one attached hydrogen (secondary N) is 1. The molecule has 0 saturated heterocycles. The van der Waals surface area contributed by atoms with Crippen LogP contribution < -0.4 is 15.6 Å². The van der Waals surface area contributed by atoms with Crippen molar-refractivity contribution in [1.82, 2.24) is 9.55 Å². The number of carbonyl (C=O) groups is 1. The van der Waals surface area contributed by atoms with Crippen molar-refractivity contribution in [2.24, 2.45) is 0 Å². The van der Waals surface area contributed by atoms with Crippen molar-refractivity contribution in [2.45, 2.75) is 32.7 Å². The summed E-state index contributed by atoms with van der Waals surface area (Å²) in [4.78, 5) is 28.9. The summed E-state index contributed by atoms with van der Waals surface area (Å²) in [5.74, 6) is 0.630. The zero-order valence-electron chi connectivity index (χ0n) is 15.4. The molecule has 3 rings (SSSR count). The predicted molar refractivity (Wildman–Crippen MR) is 106 cm³/mol. The molecule has 1 N–H and O–H groups in total. The van der Waals surface area contributed by atoms with E-state index in [1.165, 1.54) is 10.9 Å². The van der Waals surface area contributed by atoms with E-state index in [4.69, 9.17) is 4.74 Å². The highest BCUT2D eigenvalue weighted by Crippen LogP contribution is 2.16. The van der Waals surface area contributed by atoms with Crippen LogP contribution in [0.15, 0.2) is 59.7 Å². The minimum Gasteiger partial charge on any atom is -0.494 e. The average molecular weight is 365 g/mol. The lowest BCUT2D eigenvalue weighted by atomic mass is 10.2. The summed E-state index contributed by atoms with van der Waals surface area (Å²) < 4.78 is 7.07. The number of nitrogens with zero attached hydrogens (tertiary/aromatic N) is 2. The van der Waals surface area contributed by atoms with Crippen LogP contribution in [0.4, 0.5) is 5.69 Å². The largest absolute Gasteiger partial charge is 0.494 e. The van der Waals surface area contributed by atoms with Crippen LogP contribution >= 0.6 is 0 Å². The minimum absolute atomic E-state index is 0.137. The number of benzene rings is 2. The number of rotatable bonds is 8. The molecule has 0 aliphatic rings. The molecule has 6 heteroatoms. The van der Waals surface area contributed by atoms with E-state index in [9.17, 15) is 9.59 Å². The van der Waals surface area contributed by atoms with Gasteiger partial charge in [0.15, 0.2) is 0 Å². The number of ether oxygens (including phenoxy) is 1. The maximum atomic E-state index is 12.4. The number of anilines is 1. The number of para-hydroxylation sites is 1. The van der Waals surface area contributed by atoms with Gasteiger partial charge in [-0.15, -0.1) is 0 Å².